The molecule has 0 saturated carbocycles. The fraction of sp³-hybridized carbons (Fsp3) is 0.889. The molecule has 1 heterocycles. The molecule has 1 aliphatic rings. The van der Waals surface area contributed by atoms with Crippen molar-refractivity contribution in [3.8, 4) is 0 Å². The first-order chi connectivity index (χ1) is 7.69. The average Bonchev–Trinajstić information content (AvgIpc) is 2.19. The molecule has 96 valence electrons. The molecule has 0 bridgehead atoms. The molecule has 0 spiro atoms. The lowest BCUT2D eigenvalue weighted by atomic mass is 10.1. The van der Waals surface area contributed by atoms with Crippen LogP contribution in [0.15, 0.2) is 0 Å². The van der Waals surface area contributed by atoms with Crippen LogP contribution in [0.1, 0.15) is 13.3 Å². The summed E-state index contributed by atoms with van der Waals surface area (Å²) in [5.41, 5.74) is 0. The summed E-state index contributed by atoms with van der Waals surface area (Å²) in [6, 6.07) is -0.00931. The third-order valence-corrected chi connectivity index (χ3v) is 3.13. The average molecular weight is 251 g/mol. The van der Waals surface area contributed by atoms with Crippen molar-refractivity contribution in [1.82, 2.24) is 5.32 Å². The van der Waals surface area contributed by atoms with E-state index in [9.17, 15) is 4.79 Å². The second kappa shape index (κ2) is 9.73. The quantitative estimate of drug-likeness (QED) is 0.527. The highest BCUT2D eigenvalue weighted by molar-refractivity contribution is 6.36. The van der Waals surface area contributed by atoms with E-state index < -0.39 is 9.53 Å². The minimum absolute atomic E-state index is 0.00931. The van der Waals surface area contributed by atoms with Crippen molar-refractivity contribution in [2.75, 3.05) is 34.5 Å². The molecule has 0 radical (unpaired) electrons. The van der Waals surface area contributed by atoms with Crippen LogP contribution in [0.4, 0.5) is 0 Å². The molecule has 7 heteroatoms. The smallest absolute Gasteiger partial charge is 0.465 e. The van der Waals surface area contributed by atoms with Crippen molar-refractivity contribution in [3.05, 3.63) is 0 Å². The van der Waals surface area contributed by atoms with Crippen LogP contribution in [0.5, 0.6) is 0 Å². The molecule has 0 aromatic rings. The van der Waals surface area contributed by atoms with E-state index in [2.05, 4.69) is 5.32 Å². The first kappa shape index (κ1) is 15.5. The van der Waals surface area contributed by atoms with Crippen molar-refractivity contribution in [2.45, 2.75) is 19.4 Å². The fourth-order valence-corrected chi connectivity index (χ4v) is 1.60. The van der Waals surface area contributed by atoms with E-state index >= 15 is 0 Å². The number of esters is 1. The lowest BCUT2D eigenvalue weighted by molar-refractivity contribution is -0.147. The summed E-state index contributed by atoms with van der Waals surface area (Å²) in [4.78, 5) is 10.7. The Morgan fingerprint density at radius 1 is 1.31 bits per heavy atom. The van der Waals surface area contributed by atoms with Gasteiger partial charge < -0.3 is 23.3 Å². The number of carbonyl (C=O) groups is 1. The van der Waals surface area contributed by atoms with E-state index in [1.54, 1.807) is 21.3 Å². The topological polar surface area (TPSA) is 66.0 Å². The molecular formula is C9H21NO5Si. The number of carbonyl (C=O) groups excluding carboxylic acids is 1. The second-order valence-electron chi connectivity index (χ2n) is 3.04. The van der Waals surface area contributed by atoms with Gasteiger partial charge in [-0.1, -0.05) is 0 Å². The number of hydrogen-bond donors (Lipinski definition) is 1. The van der Waals surface area contributed by atoms with Gasteiger partial charge in [0.15, 0.2) is 0 Å². The molecule has 0 amide bonds. The summed E-state index contributed by atoms with van der Waals surface area (Å²) >= 11 is 0. The summed E-state index contributed by atoms with van der Waals surface area (Å²) in [7, 11) is 3.05. The molecule has 6 nitrogen and oxygen atoms in total. The van der Waals surface area contributed by atoms with E-state index in [-0.39, 0.29) is 12.0 Å². The van der Waals surface area contributed by atoms with Gasteiger partial charge in [0, 0.05) is 21.3 Å². The number of nitrogens with one attached hydrogen (secondary N) is 1. The maximum Gasteiger partial charge on any atom is 0.483 e. The highest BCUT2D eigenvalue weighted by atomic mass is 28.3. The van der Waals surface area contributed by atoms with Crippen molar-refractivity contribution < 1.29 is 22.8 Å². The van der Waals surface area contributed by atoms with Crippen LogP contribution in [0.3, 0.4) is 0 Å². The van der Waals surface area contributed by atoms with Crippen molar-refractivity contribution in [3.63, 3.8) is 0 Å². The molecule has 1 fully saturated rings. The van der Waals surface area contributed by atoms with Gasteiger partial charge in [0.1, 0.15) is 6.04 Å². The SMILES string of the molecule is CCOC(=O)C1CCN1.CO[SiH](OC)OC. The van der Waals surface area contributed by atoms with Crippen molar-refractivity contribution in [1.29, 1.82) is 0 Å². The Labute approximate surface area is 98.2 Å². The predicted molar refractivity (Wildman–Crippen MR) is 61.2 cm³/mol. The van der Waals surface area contributed by atoms with Crippen LogP contribution in [-0.4, -0.2) is 56.0 Å². The van der Waals surface area contributed by atoms with Crippen LogP contribution in [0.2, 0.25) is 0 Å². The summed E-state index contributed by atoms with van der Waals surface area (Å²) in [6.07, 6.45) is 0.929. The molecule has 16 heavy (non-hydrogen) atoms. The molecule has 1 rings (SSSR count). The first-order valence-electron chi connectivity index (χ1n) is 5.18. The Balaban J connectivity index is 0.000000293. The van der Waals surface area contributed by atoms with E-state index in [0.717, 1.165) is 13.0 Å². The van der Waals surface area contributed by atoms with Crippen LogP contribution in [0.25, 0.3) is 0 Å². The molecule has 1 N–H and O–H groups in total. The monoisotopic (exact) mass is 251 g/mol. The van der Waals surface area contributed by atoms with Crippen LogP contribution < -0.4 is 5.32 Å². The van der Waals surface area contributed by atoms with E-state index in [0.29, 0.717) is 6.61 Å². The predicted octanol–water partition coefficient (Wildman–Crippen LogP) is -0.446. The van der Waals surface area contributed by atoms with E-state index in [4.69, 9.17) is 18.0 Å². The summed E-state index contributed by atoms with van der Waals surface area (Å²) in [5, 5.41) is 2.96. The van der Waals surface area contributed by atoms with E-state index in [1.165, 1.54) is 0 Å². The Morgan fingerprint density at radius 2 is 1.81 bits per heavy atom. The minimum atomic E-state index is -1.67. The lowest BCUT2D eigenvalue weighted by Crippen LogP contribution is -2.49. The number of hydrogen-bond acceptors (Lipinski definition) is 6. The zero-order valence-electron chi connectivity index (χ0n) is 10.3. The van der Waals surface area contributed by atoms with Gasteiger partial charge in [-0.2, -0.15) is 0 Å². The van der Waals surface area contributed by atoms with E-state index in [1.807, 2.05) is 6.92 Å². The number of rotatable bonds is 5. The molecule has 1 atom stereocenters. The van der Waals surface area contributed by atoms with Crippen LogP contribution in [-0.2, 0) is 22.8 Å². The molecule has 1 saturated heterocycles. The molecule has 0 aliphatic carbocycles. The van der Waals surface area contributed by atoms with Gasteiger partial charge in [0.25, 0.3) is 0 Å². The standard InChI is InChI=1S/C6H11NO2.C3H10O3Si/c1-2-9-6(8)5-3-4-7-5;1-4-7(5-2)6-3/h5,7H,2-4H2,1H3;7H,1-3H3. The largest absolute Gasteiger partial charge is 0.483 e. The summed E-state index contributed by atoms with van der Waals surface area (Å²) in [6.45, 7) is 3.25. The second-order valence-corrected chi connectivity index (χ2v) is 5.03. The van der Waals surface area contributed by atoms with Gasteiger partial charge in [-0.05, 0) is 19.9 Å². The van der Waals surface area contributed by atoms with Gasteiger partial charge in [-0.15, -0.1) is 0 Å². The Kier molecular flexibility index (Phi) is 9.44. The molecule has 1 aliphatic heterocycles. The Morgan fingerprint density at radius 3 is 2.00 bits per heavy atom. The van der Waals surface area contributed by atoms with Gasteiger partial charge in [-0.3, -0.25) is 4.79 Å². The van der Waals surface area contributed by atoms with Crippen molar-refractivity contribution >= 4 is 15.5 Å². The summed E-state index contributed by atoms with van der Waals surface area (Å²) < 4.78 is 19.0. The molecular weight excluding hydrogens is 230 g/mol. The van der Waals surface area contributed by atoms with Gasteiger partial charge in [0.2, 0.25) is 0 Å². The maximum atomic E-state index is 10.7. The van der Waals surface area contributed by atoms with Gasteiger partial charge in [0.05, 0.1) is 6.61 Å². The normalized spacial score (nSPS) is 18.4. The number of ether oxygens (including phenoxy) is 1. The van der Waals surface area contributed by atoms with Crippen LogP contribution >= 0.6 is 0 Å². The first-order valence-corrected chi connectivity index (χ1v) is 6.59. The zero-order valence-corrected chi connectivity index (χ0v) is 11.5. The minimum Gasteiger partial charge on any atom is -0.465 e. The van der Waals surface area contributed by atoms with Gasteiger partial charge in [-0.25, -0.2) is 0 Å². The highest BCUT2D eigenvalue weighted by Crippen LogP contribution is 2.02. The van der Waals surface area contributed by atoms with Crippen molar-refractivity contribution in [2.24, 2.45) is 0 Å². The lowest BCUT2D eigenvalue weighted by Gasteiger charge is -2.24. The fourth-order valence-electron chi connectivity index (χ4n) is 1.02. The molecule has 1 unspecified atom stereocenters. The highest BCUT2D eigenvalue weighted by Gasteiger charge is 2.25. The summed E-state index contributed by atoms with van der Waals surface area (Å²) in [5.74, 6) is -0.108. The van der Waals surface area contributed by atoms with Crippen LogP contribution in [0, 0.1) is 0 Å². The Bertz CT molecular complexity index is 179. The Hall–Kier alpha value is -0.473. The third kappa shape index (κ3) is 6.18. The molecule has 0 aromatic carbocycles. The van der Waals surface area contributed by atoms with Gasteiger partial charge >= 0.3 is 15.5 Å². The zero-order chi connectivity index (χ0) is 12.4. The molecule has 0 aromatic heterocycles. The third-order valence-electron chi connectivity index (χ3n) is 1.97. The maximum absolute atomic E-state index is 10.7.